The molecule has 27 heavy (non-hydrogen) atoms. The molecular weight excluding hydrogens is 422 g/mol. The van der Waals surface area contributed by atoms with E-state index >= 15 is 0 Å². The molecule has 0 amide bonds. The van der Waals surface area contributed by atoms with E-state index in [4.69, 9.17) is 16.6 Å². The molecule has 0 spiro atoms. The Bertz CT molecular complexity index is 926. The first-order valence-electron chi connectivity index (χ1n) is 9.01. The van der Waals surface area contributed by atoms with Gasteiger partial charge in [0, 0.05) is 22.8 Å². The van der Waals surface area contributed by atoms with E-state index in [9.17, 15) is 0 Å². The Kier molecular flexibility index (Phi) is 5.27. The molecule has 6 heteroatoms. The number of aromatic nitrogens is 1. The number of thiocarbonyl (C=S) groups is 1. The van der Waals surface area contributed by atoms with Gasteiger partial charge in [-0.05, 0) is 55.0 Å². The lowest BCUT2D eigenvalue weighted by molar-refractivity contribution is 0.275. The van der Waals surface area contributed by atoms with E-state index in [0.717, 1.165) is 45.3 Å². The summed E-state index contributed by atoms with van der Waals surface area (Å²) in [4.78, 5) is 6.75. The number of hydrogen-bond donors (Lipinski definition) is 1. The number of pyridine rings is 1. The Balaban J connectivity index is 1.71. The van der Waals surface area contributed by atoms with E-state index in [1.807, 2.05) is 54.7 Å². The zero-order valence-electron chi connectivity index (χ0n) is 14.9. The van der Waals surface area contributed by atoms with Crippen LogP contribution in [0.5, 0.6) is 0 Å². The molecule has 0 unspecified atom stereocenters. The predicted octanol–water partition coefficient (Wildman–Crippen LogP) is 5.49. The van der Waals surface area contributed by atoms with Crippen LogP contribution in [-0.4, -0.2) is 21.5 Å². The van der Waals surface area contributed by atoms with Crippen molar-refractivity contribution in [2.24, 2.45) is 0 Å². The molecule has 3 aromatic rings. The second-order valence-corrected chi connectivity index (χ2v) is 7.83. The van der Waals surface area contributed by atoms with Crippen LogP contribution in [0.2, 0.25) is 0 Å². The summed E-state index contributed by atoms with van der Waals surface area (Å²) in [7, 11) is 0. The highest BCUT2D eigenvalue weighted by Crippen LogP contribution is 2.40. The SMILES string of the molecule is CCCN1C(=S)N[C@H](c2ccccn2)[C@@H]1c1ccc(-c2ccc(Br)cc2)o1. The molecule has 1 N–H and O–H groups in total. The van der Waals surface area contributed by atoms with Crippen molar-refractivity contribution < 1.29 is 4.42 Å². The predicted molar refractivity (Wildman–Crippen MR) is 114 cm³/mol. The van der Waals surface area contributed by atoms with E-state index in [-0.39, 0.29) is 12.1 Å². The number of nitrogens with zero attached hydrogens (tertiary/aromatic N) is 2. The van der Waals surface area contributed by atoms with Crippen LogP contribution < -0.4 is 5.32 Å². The molecule has 4 rings (SSSR count). The summed E-state index contributed by atoms with van der Waals surface area (Å²) in [6.07, 6.45) is 2.82. The fraction of sp³-hybridized carbons (Fsp3) is 0.238. The summed E-state index contributed by atoms with van der Waals surface area (Å²) < 4.78 is 7.33. The Morgan fingerprint density at radius 1 is 1.15 bits per heavy atom. The maximum Gasteiger partial charge on any atom is 0.170 e. The minimum absolute atomic E-state index is 0.0171. The van der Waals surface area contributed by atoms with Gasteiger partial charge in [-0.25, -0.2) is 0 Å². The van der Waals surface area contributed by atoms with Gasteiger partial charge < -0.3 is 14.6 Å². The number of halogens is 1. The lowest BCUT2D eigenvalue weighted by atomic mass is 10.0. The highest BCUT2D eigenvalue weighted by molar-refractivity contribution is 9.10. The highest BCUT2D eigenvalue weighted by atomic mass is 79.9. The molecule has 1 aliphatic heterocycles. The monoisotopic (exact) mass is 441 g/mol. The van der Waals surface area contributed by atoms with Crippen LogP contribution >= 0.6 is 28.1 Å². The van der Waals surface area contributed by atoms with Crippen LogP contribution in [0.15, 0.2) is 69.7 Å². The molecule has 0 saturated carbocycles. The number of benzene rings is 1. The summed E-state index contributed by atoms with van der Waals surface area (Å²) in [6, 6.07) is 18.1. The first-order valence-corrected chi connectivity index (χ1v) is 10.2. The molecule has 4 nitrogen and oxygen atoms in total. The maximum absolute atomic E-state index is 6.29. The van der Waals surface area contributed by atoms with Crippen LogP contribution in [0.4, 0.5) is 0 Å². The molecule has 0 aliphatic carbocycles. The largest absolute Gasteiger partial charge is 0.459 e. The number of rotatable bonds is 5. The van der Waals surface area contributed by atoms with E-state index in [1.165, 1.54) is 0 Å². The van der Waals surface area contributed by atoms with Crippen molar-refractivity contribution in [2.45, 2.75) is 25.4 Å². The Hall–Kier alpha value is -2.18. The fourth-order valence-corrected chi connectivity index (χ4v) is 4.07. The molecule has 1 saturated heterocycles. The smallest absolute Gasteiger partial charge is 0.170 e. The topological polar surface area (TPSA) is 41.3 Å². The number of furan rings is 1. The van der Waals surface area contributed by atoms with Gasteiger partial charge in [0.25, 0.3) is 0 Å². The average Bonchev–Trinajstić information content (AvgIpc) is 3.29. The van der Waals surface area contributed by atoms with Crippen molar-refractivity contribution in [3.8, 4) is 11.3 Å². The second-order valence-electron chi connectivity index (χ2n) is 6.53. The molecule has 1 aromatic carbocycles. The molecule has 1 fully saturated rings. The summed E-state index contributed by atoms with van der Waals surface area (Å²) in [5.41, 5.74) is 2.01. The van der Waals surface area contributed by atoms with Gasteiger partial charge in [-0.3, -0.25) is 4.98 Å². The van der Waals surface area contributed by atoms with Gasteiger partial charge in [0.15, 0.2) is 5.11 Å². The summed E-state index contributed by atoms with van der Waals surface area (Å²) >= 11 is 9.09. The van der Waals surface area contributed by atoms with Crippen LogP contribution in [-0.2, 0) is 0 Å². The van der Waals surface area contributed by atoms with Gasteiger partial charge in [0.05, 0.1) is 11.7 Å². The average molecular weight is 442 g/mol. The molecule has 2 aromatic heterocycles. The summed E-state index contributed by atoms with van der Waals surface area (Å²) in [5, 5.41) is 4.19. The molecule has 3 heterocycles. The van der Waals surface area contributed by atoms with E-state index in [1.54, 1.807) is 0 Å². The third-order valence-corrected chi connectivity index (χ3v) is 5.59. The van der Waals surface area contributed by atoms with E-state index in [2.05, 4.69) is 44.1 Å². The molecule has 1 aliphatic rings. The number of nitrogens with one attached hydrogen (secondary N) is 1. The third kappa shape index (κ3) is 3.64. The zero-order chi connectivity index (χ0) is 18.8. The van der Waals surface area contributed by atoms with Crippen LogP contribution in [0, 0.1) is 0 Å². The number of hydrogen-bond acceptors (Lipinski definition) is 3. The van der Waals surface area contributed by atoms with Crippen molar-refractivity contribution in [1.29, 1.82) is 0 Å². The van der Waals surface area contributed by atoms with Crippen molar-refractivity contribution >= 4 is 33.3 Å². The first kappa shape index (κ1) is 18.2. The normalized spacial score (nSPS) is 19.3. The first-order chi connectivity index (χ1) is 13.2. The lowest BCUT2D eigenvalue weighted by Gasteiger charge is -2.25. The molecular formula is C21H20BrN3OS. The lowest BCUT2D eigenvalue weighted by Crippen LogP contribution is -2.30. The maximum atomic E-state index is 6.29. The Labute approximate surface area is 172 Å². The second kappa shape index (κ2) is 7.82. The van der Waals surface area contributed by atoms with Gasteiger partial charge in [-0.2, -0.15) is 0 Å². The van der Waals surface area contributed by atoms with Crippen molar-refractivity contribution in [1.82, 2.24) is 15.2 Å². The molecule has 0 bridgehead atoms. The van der Waals surface area contributed by atoms with Gasteiger partial charge in [0.2, 0.25) is 0 Å². The molecule has 0 radical (unpaired) electrons. The van der Waals surface area contributed by atoms with Crippen LogP contribution in [0.3, 0.4) is 0 Å². The minimum atomic E-state index is -0.0332. The van der Waals surface area contributed by atoms with Gasteiger partial charge >= 0.3 is 0 Å². The van der Waals surface area contributed by atoms with Crippen molar-refractivity contribution in [3.63, 3.8) is 0 Å². The van der Waals surface area contributed by atoms with Gasteiger partial charge in [-0.1, -0.05) is 41.1 Å². The Morgan fingerprint density at radius 2 is 1.96 bits per heavy atom. The van der Waals surface area contributed by atoms with Crippen LogP contribution in [0.25, 0.3) is 11.3 Å². The third-order valence-electron chi connectivity index (χ3n) is 4.71. The fourth-order valence-electron chi connectivity index (χ4n) is 3.48. The quantitative estimate of drug-likeness (QED) is 0.530. The van der Waals surface area contributed by atoms with Crippen molar-refractivity contribution in [3.05, 3.63) is 76.7 Å². The standard InChI is InChI=1S/C21H20BrN3OS/c1-2-13-25-20(19(24-21(25)27)16-5-3-4-12-23-16)18-11-10-17(26-18)14-6-8-15(22)9-7-14/h3-12,19-20H,2,13H2,1H3,(H,24,27)/t19-,20+/m1/s1. The molecule has 138 valence electrons. The highest BCUT2D eigenvalue weighted by Gasteiger charge is 2.41. The van der Waals surface area contributed by atoms with E-state index in [0.29, 0.717) is 0 Å². The van der Waals surface area contributed by atoms with Gasteiger partial charge in [0.1, 0.15) is 17.6 Å². The Morgan fingerprint density at radius 3 is 2.67 bits per heavy atom. The summed E-state index contributed by atoms with van der Waals surface area (Å²) in [6.45, 7) is 3.03. The van der Waals surface area contributed by atoms with E-state index < -0.39 is 0 Å². The minimum Gasteiger partial charge on any atom is -0.459 e. The summed E-state index contributed by atoms with van der Waals surface area (Å²) in [5.74, 6) is 1.75. The molecule has 2 atom stereocenters. The van der Waals surface area contributed by atoms with Gasteiger partial charge in [-0.15, -0.1) is 0 Å². The van der Waals surface area contributed by atoms with Crippen LogP contribution in [0.1, 0.15) is 36.9 Å². The van der Waals surface area contributed by atoms with Crippen molar-refractivity contribution in [2.75, 3.05) is 6.54 Å². The zero-order valence-corrected chi connectivity index (χ0v) is 17.3.